The van der Waals surface area contributed by atoms with E-state index in [2.05, 4.69) is 6.92 Å². The summed E-state index contributed by atoms with van der Waals surface area (Å²) in [5, 5.41) is 17.7. The molecule has 0 aliphatic carbocycles. The minimum absolute atomic E-state index is 0.139. The van der Waals surface area contributed by atoms with Gasteiger partial charge in [-0.15, -0.1) is 0 Å². The van der Waals surface area contributed by atoms with Crippen LogP contribution in [0.2, 0.25) is 0 Å². The Kier molecular flexibility index (Phi) is 2.65. The molecule has 0 radical (unpaired) electrons. The van der Waals surface area contributed by atoms with E-state index >= 15 is 0 Å². The highest BCUT2D eigenvalue weighted by atomic mass is 16.5. The van der Waals surface area contributed by atoms with E-state index in [-0.39, 0.29) is 12.7 Å². The lowest BCUT2D eigenvalue weighted by atomic mass is 10.1. The molecule has 1 heterocycles. The zero-order valence-corrected chi connectivity index (χ0v) is 6.16. The van der Waals surface area contributed by atoms with Crippen LogP contribution in [0.3, 0.4) is 0 Å². The summed E-state index contributed by atoms with van der Waals surface area (Å²) in [5.41, 5.74) is 0. The van der Waals surface area contributed by atoms with Gasteiger partial charge in [-0.2, -0.15) is 0 Å². The molecule has 0 aromatic carbocycles. The van der Waals surface area contributed by atoms with E-state index in [1.54, 1.807) is 0 Å². The standard InChI is InChI=1S/C7H14O3/c1-5-2-7(10-4-5)6(9)3-8/h5-9H,2-4H2,1H3. The fraction of sp³-hybridized carbons (Fsp3) is 1.00. The van der Waals surface area contributed by atoms with Gasteiger partial charge < -0.3 is 14.9 Å². The zero-order chi connectivity index (χ0) is 7.56. The Balaban J connectivity index is 2.29. The van der Waals surface area contributed by atoms with Gasteiger partial charge in [-0.3, -0.25) is 0 Å². The molecule has 0 spiro atoms. The Morgan fingerprint density at radius 2 is 2.40 bits per heavy atom. The van der Waals surface area contributed by atoms with E-state index in [0.717, 1.165) is 6.42 Å². The molecule has 1 aliphatic heterocycles. The maximum atomic E-state index is 9.10. The van der Waals surface area contributed by atoms with Crippen molar-refractivity contribution in [2.75, 3.05) is 13.2 Å². The van der Waals surface area contributed by atoms with Gasteiger partial charge in [0.2, 0.25) is 0 Å². The Morgan fingerprint density at radius 3 is 2.80 bits per heavy atom. The van der Waals surface area contributed by atoms with Crippen molar-refractivity contribution in [2.45, 2.75) is 25.6 Å². The summed E-state index contributed by atoms with van der Waals surface area (Å²) < 4.78 is 5.21. The van der Waals surface area contributed by atoms with Gasteiger partial charge >= 0.3 is 0 Å². The van der Waals surface area contributed by atoms with Crippen LogP contribution in [0.5, 0.6) is 0 Å². The van der Waals surface area contributed by atoms with E-state index < -0.39 is 6.10 Å². The molecule has 3 heteroatoms. The predicted octanol–water partition coefficient (Wildman–Crippen LogP) is -0.235. The van der Waals surface area contributed by atoms with E-state index in [1.807, 2.05) is 0 Å². The first kappa shape index (κ1) is 7.98. The molecule has 10 heavy (non-hydrogen) atoms. The molecule has 3 unspecified atom stereocenters. The fourth-order valence-corrected chi connectivity index (χ4v) is 1.21. The first-order chi connectivity index (χ1) is 4.74. The number of rotatable bonds is 2. The van der Waals surface area contributed by atoms with Gasteiger partial charge in [0.25, 0.3) is 0 Å². The number of hydrogen-bond donors (Lipinski definition) is 2. The lowest BCUT2D eigenvalue weighted by Gasteiger charge is -2.13. The molecule has 0 bridgehead atoms. The van der Waals surface area contributed by atoms with Crippen LogP contribution in [-0.4, -0.2) is 35.6 Å². The quantitative estimate of drug-likeness (QED) is 0.565. The zero-order valence-electron chi connectivity index (χ0n) is 6.16. The third-order valence-electron chi connectivity index (χ3n) is 1.85. The van der Waals surface area contributed by atoms with Gasteiger partial charge in [0.1, 0.15) is 6.10 Å². The third-order valence-corrected chi connectivity index (χ3v) is 1.85. The second-order valence-corrected chi connectivity index (χ2v) is 2.96. The van der Waals surface area contributed by atoms with Crippen molar-refractivity contribution in [3.63, 3.8) is 0 Å². The Hall–Kier alpha value is -0.120. The van der Waals surface area contributed by atoms with Gasteiger partial charge in [-0.05, 0) is 12.3 Å². The maximum absolute atomic E-state index is 9.10. The number of hydrogen-bond acceptors (Lipinski definition) is 3. The molecule has 1 aliphatic rings. The Labute approximate surface area is 60.6 Å². The highest BCUT2D eigenvalue weighted by Crippen LogP contribution is 2.20. The van der Waals surface area contributed by atoms with Crippen LogP contribution < -0.4 is 0 Å². The van der Waals surface area contributed by atoms with Crippen molar-refractivity contribution < 1.29 is 14.9 Å². The normalized spacial score (nSPS) is 36.3. The molecule has 1 saturated heterocycles. The molecule has 0 saturated carbocycles. The molecule has 3 atom stereocenters. The molecule has 1 fully saturated rings. The molecular weight excluding hydrogens is 132 g/mol. The number of aliphatic hydroxyl groups is 2. The highest BCUT2D eigenvalue weighted by Gasteiger charge is 2.27. The van der Waals surface area contributed by atoms with Crippen LogP contribution in [0.25, 0.3) is 0 Å². The molecule has 1 rings (SSSR count). The summed E-state index contributed by atoms with van der Waals surface area (Å²) in [7, 11) is 0. The van der Waals surface area contributed by atoms with E-state index in [1.165, 1.54) is 0 Å². The van der Waals surface area contributed by atoms with E-state index in [4.69, 9.17) is 14.9 Å². The summed E-state index contributed by atoms with van der Waals surface area (Å²) in [4.78, 5) is 0. The van der Waals surface area contributed by atoms with Crippen LogP contribution in [0, 0.1) is 5.92 Å². The SMILES string of the molecule is CC1COC(C(O)CO)C1. The Morgan fingerprint density at radius 1 is 1.70 bits per heavy atom. The summed E-state index contributed by atoms with van der Waals surface area (Å²) >= 11 is 0. The molecule has 60 valence electrons. The van der Waals surface area contributed by atoms with Crippen LogP contribution in [0.4, 0.5) is 0 Å². The van der Waals surface area contributed by atoms with Gasteiger partial charge in [-0.25, -0.2) is 0 Å². The average Bonchev–Trinajstić information content (AvgIpc) is 2.34. The van der Waals surface area contributed by atoms with Crippen molar-refractivity contribution in [3.05, 3.63) is 0 Å². The van der Waals surface area contributed by atoms with Crippen molar-refractivity contribution in [1.82, 2.24) is 0 Å². The fourth-order valence-electron chi connectivity index (χ4n) is 1.21. The topological polar surface area (TPSA) is 49.7 Å². The maximum Gasteiger partial charge on any atom is 0.103 e. The smallest absolute Gasteiger partial charge is 0.103 e. The minimum atomic E-state index is -0.690. The summed E-state index contributed by atoms with van der Waals surface area (Å²) in [6, 6.07) is 0. The third kappa shape index (κ3) is 1.68. The van der Waals surface area contributed by atoms with Crippen molar-refractivity contribution >= 4 is 0 Å². The Bertz CT molecular complexity index is 105. The lowest BCUT2D eigenvalue weighted by molar-refractivity contribution is -0.0284. The molecule has 0 aromatic rings. The molecular formula is C7H14O3. The predicted molar refractivity (Wildman–Crippen MR) is 36.6 cm³/mol. The lowest BCUT2D eigenvalue weighted by Crippen LogP contribution is -2.28. The van der Waals surface area contributed by atoms with E-state index in [9.17, 15) is 0 Å². The minimum Gasteiger partial charge on any atom is -0.394 e. The summed E-state index contributed by atoms with van der Waals surface area (Å²) in [5.74, 6) is 0.520. The molecule has 0 aromatic heterocycles. The number of ether oxygens (including phenoxy) is 1. The van der Waals surface area contributed by atoms with Gasteiger partial charge in [0.05, 0.1) is 12.7 Å². The van der Waals surface area contributed by atoms with Gasteiger partial charge in [0.15, 0.2) is 0 Å². The second-order valence-electron chi connectivity index (χ2n) is 2.96. The van der Waals surface area contributed by atoms with E-state index in [0.29, 0.717) is 12.5 Å². The first-order valence-corrected chi connectivity index (χ1v) is 3.64. The van der Waals surface area contributed by atoms with Crippen LogP contribution in [0.15, 0.2) is 0 Å². The van der Waals surface area contributed by atoms with Gasteiger partial charge in [0, 0.05) is 6.61 Å². The monoisotopic (exact) mass is 146 g/mol. The summed E-state index contributed by atoms with van der Waals surface area (Å²) in [6.45, 7) is 2.59. The van der Waals surface area contributed by atoms with Crippen molar-refractivity contribution in [2.24, 2.45) is 5.92 Å². The van der Waals surface area contributed by atoms with Gasteiger partial charge in [-0.1, -0.05) is 6.92 Å². The molecule has 0 amide bonds. The van der Waals surface area contributed by atoms with Crippen LogP contribution >= 0.6 is 0 Å². The molecule has 2 N–H and O–H groups in total. The summed E-state index contributed by atoms with van der Waals surface area (Å²) in [6.07, 6.45) is 0.0341. The van der Waals surface area contributed by atoms with Crippen LogP contribution in [0.1, 0.15) is 13.3 Å². The van der Waals surface area contributed by atoms with Crippen molar-refractivity contribution in [3.8, 4) is 0 Å². The second kappa shape index (κ2) is 3.32. The highest BCUT2D eigenvalue weighted by molar-refractivity contribution is 4.76. The molecule has 3 nitrogen and oxygen atoms in total. The number of aliphatic hydroxyl groups excluding tert-OH is 2. The average molecular weight is 146 g/mol. The van der Waals surface area contributed by atoms with Crippen molar-refractivity contribution in [1.29, 1.82) is 0 Å². The largest absolute Gasteiger partial charge is 0.394 e. The van der Waals surface area contributed by atoms with Crippen LogP contribution in [-0.2, 0) is 4.74 Å². The first-order valence-electron chi connectivity index (χ1n) is 3.64.